The summed E-state index contributed by atoms with van der Waals surface area (Å²) < 4.78 is 0. The zero-order chi connectivity index (χ0) is 22.3. The standard InChI is InChI=1S/C23H29ClN2O3/c1-12-8-14(11-17(24)19(12)27)26-21(29)18-15(20(25)28)9-13(22(2,3)4)10-16(18)23(5,6)7/h8-11,27H,1-7H3,(H2,25,28)(H,26,29). The number of amides is 2. The molecule has 29 heavy (non-hydrogen) atoms. The molecule has 5 nitrogen and oxygen atoms in total. The van der Waals surface area contributed by atoms with Crippen molar-refractivity contribution in [2.75, 3.05) is 5.32 Å². The van der Waals surface area contributed by atoms with Crippen LogP contribution in [0.4, 0.5) is 5.69 Å². The highest BCUT2D eigenvalue weighted by atomic mass is 35.5. The number of carbonyl (C=O) groups excluding carboxylic acids is 2. The van der Waals surface area contributed by atoms with Crippen LogP contribution < -0.4 is 11.1 Å². The summed E-state index contributed by atoms with van der Waals surface area (Å²) in [4.78, 5) is 25.5. The van der Waals surface area contributed by atoms with Crippen LogP contribution in [0.15, 0.2) is 24.3 Å². The summed E-state index contributed by atoms with van der Waals surface area (Å²) in [5.41, 5.74) is 8.09. The Labute approximate surface area is 177 Å². The fourth-order valence-corrected chi connectivity index (χ4v) is 3.37. The third kappa shape index (κ3) is 4.91. The third-order valence-corrected chi connectivity index (χ3v) is 5.10. The molecule has 0 heterocycles. The molecule has 0 fully saturated rings. The maximum Gasteiger partial charge on any atom is 0.256 e. The average Bonchev–Trinajstić information content (AvgIpc) is 2.56. The van der Waals surface area contributed by atoms with Gasteiger partial charge in [0.05, 0.1) is 16.1 Å². The molecule has 6 heteroatoms. The van der Waals surface area contributed by atoms with E-state index in [1.807, 2.05) is 47.6 Å². The van der Waals surface area contributed by atoms with Gasteiger partial charge in [-0.25, -0.2) is 0 Å². The molecule has 0 saturated heterocycles. The Morgan fingerprint density at radius 3 is 2.03 bits per heavy atom. The Balaban J connectivity index is 2.69. The topological polar surface area (TPSA) is 92.4 Å². The van der Waals surface area contributed by atoms with Gasteiger partial charge in [0, 0.05) is 5.69 Å². The van der Waals surface area contributed by atoms with E-state index in [0.29, 0.717) is 11.3 Å². The van der Waals surface area contributed by atoms with Crippen LogP contribution >= 0.6 is 11.6 Å². The van der Waals surface area contributed by atoms with Crippen LogP contribution in [0.5, 0.6) is 5.75 Å². The SMILES string of the molecule is Cc1cc(NC(=O)c2c(C(N)=O)cc(C(C)(C)C)cc2C(C)(C)C)cc(Cl)c1O. The molecule has 2 aromatic carbocycles. The number of aromatic hydroxyl groups is 1. The van der Waals surface area contributed by atoms with Crippen LogP contribution in [0.25, 0.3) is 0 Å². The highest BCUT2D eigenvalue weighted by molar-refractivity contribution is 6.32. The number of carbonyl (C=O) groups is 2. The van der Waals surface area contributed by atoms with E-state index in [2.05, 4.69) is 5.32 Å². The zero-order valence-electron chi connectivity index (χ0n) is 18.0. The van der Waals surface area contributed by atoms with Gasteiger partial charge in [-0.1, -0.05) is 59.2 Å². The predicted molar refractivity (Wildman–Crippen MR) is 118 cm³/mol. The van der Waals surface area contributed by atoms with E-state index in [9.17, 15) is 14.7 Å². The molecular weight excluding hydrogens is 388 g/mol. The van der Waals surface area contributed by atoms with Crippen molar-refractivity contribution >= 4 is 29.1 Å². The van der Waals surface area contributed by atoms with Gasteiger partial charge in [0.25, 0.3) is 5.91 Å². The van der Waals surface area contributed by atoms with E-state index in [1.165, 1.54) is 6.07 Å². The number of phenolic OH excluding ortho intramolecular Hbond substituents is 1. The second-order valence-corrected chi connectivity index (χ2v) is 9.80. The monoisotopic (exact) mass is 416 g/mol. The van der Waals surface area contributed by atoms with E-state index >= 15 is 0 Å². The molecule has 0 atom stereocenters. The first-order valence-corrected chi connectivity index (χ1v) is 9.80. The maximum atomic E-state index is 13.3. The predicted octanol–water partition coefficient (Wildman–Crippen LogP) is 5.30. The summed E-state index contributed by atoms with van der Waals surface area (Å²) in [6.45, 7) is 13.8. The van der Waals surface area contributed by atoms with Gasteiger partial charge in [-0.2, -0.15) is 0 Å². The van der Waals surface area contributed by atoms with Crippen LogP contribution in [0.1, 0.15) is 78.9 Å². The van der Waals surface area contributed by atoms with Crippen molar-refractivity contribution in [3.05, 3.63) is 57.1 Å². The number of halogens is 1. The summed E-state index contributed by atoms with van der Waals surface area (Å²) in [5, 5.41) is 12.8. The molecule has 2 rings (SSSR count). The summed E-state index contributed by atoms with van der Waals surface area (Å²) in [6.07, 6.45) is 0. The summed E-state index contributed by atoms with van der Waals surface area (Å²) in [6, 6.07) is 6.74. The average molecular weight is 417 g/mol. The summed E-state index contributed by atoms with van der Waals surface area (Å²) in [5.74, 6) is -1.15. The number of hydrogen-bond donors (Lipinski definition) is 3. The van der Waals surface area contributed by atoms with Crippen molar-refractivity contribution in [3.8, 4) is 5.75 Å². The number of hydrogen-bond acceptors (Lipinski definition) is 3. The molecule has 0 radical (unpaired) electrons. The number of aryl methyl sites for hydroxylation is 1. The normalized spacial score (nSPS) is 12.0. The van der Waals surface area contributed by atoms with Crippen LogP contribution in [-0.2, 0) is 10.8 Å². The zero-order valence-corrected chi connectivity index (χ0v) is 18.8. The molecule has 0 aliphatic carbocycles. The molecule has 0 bridgehead atoms. The number of anilines is 1. The number of nitrogens with one attached hydrogen (secondary N) is 1. The van der Waals surface area contributed by atoms with Gasteiger partial charge in [0.1, 0.15) is 5.75 Å². The largest absolute Gasteiger partial charge is 0.506 e. The molecular formula is C23H29ClN2O3. The quantitative estimate of drug-likeness (QED) is 0.592. The lowest BCUT2D eigenvalue weighted by Gasteiger charge is -2.28. The molecule has 0 saturated carbocycles. The van der Waals surface area contributed by atoms with E-state index in [1.54, 1.807) is 19.1 Å². The van der Waals surface area contributed by atoms with E-state index in [-0.39, 0.29) is 27.3 Å². The molecule has 156 valence electrons. The number of benzene rings is 2. The molecule has 0 aliphatic heterocycles. The summed E-state index contributed by atoms with van der Waals surface area (Å²) in [7, 11) is 0. The van der Waals surface area contributed by atoms with Crippen LogP contribution in [-0.4, -0.2) is 16.9 Å². The molecule has 4 N–H and O–H groups in total. The number of phenols is 1. The number of rotatable bonds is 3. The molecule has 0 aromatic heterocycles. The lowest BCUT2D eigenvalue weighted by Crippen LogP contribution is -2.28. The minimum Gasteiger partial charge on any atom is -0.506 e. The Kier molecular flexibility index (Phi) is 6.05. The number of nitrogens with two attached hydrogens (primary N) is 1. The van der Waals surface area contributed by atoms with Gasteiger partial charge < -0.3 is 16.2 Å². The van der Waals surface area contributed by atoms with E-state index in [0.717, 1.165) is 11.1 Å². The van der Waals surface area contributed by atoms with Gasteiger partial charge in [-0.3, -0.25) is 9.59 Å². The Hall–Kier alpha value is -2.53. The van der Waals surface area contributed by atoms with Crippen molar-refractivity contribution in [2.24, 2.45) is 5.73 Å². The molecule has 2 amide bonds. The highest BCUT2D eigenvalue weighted by Gasteiger charge is 2.30. The Morgan fingerprint density at radius 1 is 1.00 bits per heavy atom. The fraction of sp³-hybridized carbons (Fsp3) is 0.391. The van der Waals surface area contributed by atoms with Crippen molar-refractivity contribution in [2.45, 2.75) is 59.3 Å². The first kappa shape index (κ1) is 22.8. The number of primary amides is 1. The van der Waals surface area contributed by atoms with Crippen LogP contribution in [0.3, 0.4) is 0 Å². The minimum atomic E-state index is -0.660. The molecule has 2 aromatic rings. The first-order chi connectivity index (χ1) is 13.1. The van der Waals surface area contributed by atoms with Crippen molar-refractivity contribution < 1.29 is 14.7 Å². The van der Waals surface area contributed by atoms with Gasteiger partial charge >= 0.3 is 0 Å². The Morgan fingerprint density at radius 2 is 1.59 bits per heavy atom. The van der Waals surface area contributed by atoms with Gasteiger partial charge in [0.2, 0.25) is 5.91 Å². The van der Waals surface area contributed by atoms with E-state index < -0.39 is 17.2 Å². The van der Waals surface area contributed by atoms with Crippen molar-refractivity contribution in [1.82, 2.24) is 0 Å². The summed E-state index contributed by atoms with van der Waals surface area (Å²) >= 11 is 6.03. The van der Waals surface area contributed by atoms with Crippen LogP contribution in [0.2, 0.25) is 5.02 Å². The van der Waals surface area contributed by atoms with Gasteiger partial charge in [0.15, 0.2) is 0 Å². The maximum absolute atomic E-state index is 13.3. The fourth-order valence-electron chi connectivity index (χ4n) is 3.11. The third-order valence-electron chi connectivity index (χ3n) is 4.82. The van der Waals surface area contributed by atoms with E-state index in [4.69, 9.17) is 17.3 Å². The van der Waals surface area contributed by atoms with Gasteiger partial charge in [-0.15, -0.1) is 0 Å². The lowest BCUT2D eigenvalue weighted by molar-refractivity contribution is 0.0975. The molecule has 0 unspecified atom stereocenters. The molecule has 0 spiro atoms. The first-order valence-electron chi connectivity index (χ1n) is 9.42. The van der Waals surface area contributed by atoms with Crippen LogP contribution in [0, 0.1) is 6.92 Å². The second kappa shape index (κ2) is 7.71. The smallest absolute Gasteiger partial charge is 0.256 e. The van der Waals surface area contributed by atoms with Crippen molar-refractivity contribution in [3.63, 3.8) is 0 Å². The van der Waals surface area contributed by atoms with Gasteiger partial charge in [-0.05, 0) is 52.6 Å². The second-order valence-electron chi connectivity index (χ2n) is 9.39. The Bertz CT molecular complexity index is 960. The minimum absolute atomic E-state index is 0.0348. The molecule has 0 aliphatic rings. The lowest BCUT2D eigenvalue weighted by atomic mass is 9.76. The highest BCUT2D eigenvalue weighted by Crippen LogP contribution is 2.35. The van der Waals surface area contributed by atoms with Crippen molar-refractivity contribution in [1.29, 1.82) is 0 Å².